The molecular weight excluding hydrogens is 539 g/mol. The molecule has 0 bridgehead atoms. The first-order valence-corrected chi connectivity index (χ1v) is 9.96. The average Bonchev–Trinajstić information content (AvgIpc) is 2.86. The predicted octanol–water partition coefficient (Wildman–Crippen LogP) is 1.40. The molecule has 3 saturated carbocycles. The molecule has 0 saturated heterocycles. The van der Waals surface area contributed by atoms with Crippen LogP contribution in [0.4, 0.5) is 0 Å². The molecule has 7 atom stereocenters. The minimum atomic E-state index is -1.54. The number of carbonyl (C=O) groups is 2. The fourth-order valence-corrected chi connectivity index (χ4v) is 7.28. The number of fused-ring (bicyclic) bond motifs is 5. The van der Waals surface area contributed by atoms with Crippen molar-refractivity contribution in [1.29, 1.82) is 0 Å². The second kappa shape index (κ2) is 6.99. The Labute approximate surface area is 180 Å². The van der Waals surface area contributed by atoms with Crippen molar-refractivity contribution in [3.05, 3.63) is 11.6 Å². The molecule has 0 aromatic heterocycles. The largest absolute Gasteiger partial charge is 0.393 e. The molecule has 27 heavy (non-hydrogen) atoms. The van der Waals surface area contributed by atoms with E-state index in [0.29, 0.717) is 19.3 Å². The summed E-state index contributed by atoms with van der Waals surface area (Å²) in [6.45, 7) is 3.46. The summed E-state index contributed by atoms with van der Waals surface area (Å²) >= 11 is 0. The number of allylic oxidation sites excluding steroid dienone is 1. The van der Waals surface area contributed by atoms with Crippen LogP contribution in [0.5, 0.6) is 0 Å². The van der Waals surface area contributed by atoms with Gasteiger partial charge in [-0.3, -0.25) is 9.59 Å². The summed E-state index contributed by atoms with van der Waals surface area (Å²) in [4.78, 5) is 24.3. The van der Waals surface area contributed by atoms with Gasteiger partial charge in [-0.1, -0.05) is 19.4 Å². The summed E-state index contributed by atoms with van der Waals surface area (Å²) in [5, 5.41) is 31.7. The van der Waals surface area contributed by atoms with Gasteiger partial charge >= 0.3 is 0 Å². The van der Waals surface area contributed by atoms with Crippen LogP contribution in [0.2, 0.25) is 0 Å². The van der Waals surface area contributed by atoms with Gasteiger partial charge in [0, 0.05) is 39.1 Å². The number of carbonyl (C=O) groups excluding carboxylic acids is 2. The van der Waals surface area contributed by atoms with E-state index in [1.807, 2.05) is 6.92 Å². The van der Waals surface area contributed by atoms with Crippen LogP contribution in [0.15, 0.2) is 11.6 Å². The molecule has 4 rings (SSSR count). The Morgan fingerprint density at radius 3 is 2.59 bits per heavy atom. The maximum Gasteiger partial charge on any atom is 0.190 e. The summed E-state index contributed by atoms with van der Waals surface area (Å²) in [5.41, 5.74) is -1.23. The molecule has 1 unspecified atom stereocenters. The van der Waals surface area contributed by atoms with Gasteiger partial charge in [0.15, 0.2) is 11.6 Å². The predicted molar refractivity (Wildman–Crippen MR) is 101 cm³/mol. The number of aliphatic hydroxyl groups is 3. The van der Waals surface area contributed by atoms with Crippen LogP contribution in [0, 0.1) is 28.6 Å². The first kappa shape index (κ1) is 21.6. The van der Waals surface area contributed by atoms with E-state index in [1.165, 1.54) is 5.57 Å². The van der Waals surface area contributed by atoms with Gasteiger partial charge in [0.1, 0.15) is 12.2 Å². The fraction of sp³-hybridized carbons (Fsp3) is 0.810. The molecule has 0 aromatic carbocycles. The van der Waals surface area contributed by atoms with Crippen molar-refractivity contribution in [1.82, 2.24) is 0 Å². The van der Waals surface area contributed by atoms with Crippen molar-refractivity contribution < 1.29 is 24.9 Å². The number of hydrogen-bond acceptors (Lipinski definition) is 5. The summed E-state index contributed by atoms with van der Waals surface area (Å²) in [7, 11) is 0. The maximum atomic E-state index is 12.4. The Morgan fingerprint density at radius 2 is 1.93 bits per heavy atom. The van der Waals surface area contributed by atoms with Crippen molar-refractivity contribution in [2.24, 2.45) is 28.6 Å². The van der Waals surface area contributed by atoms with Crippen molar-refractivity contribution in [3.8, 4) is 0 Å². The second-order valence-electron chi connectivity index (χ2n) is 9.56. The van der Waals surface area contributed by atoms with Crippen molar-refractivity contribution in [2.45, 2.75) is 70.5 Å². The quantitative estimate of drug-likeness (QED) is 0.438. The van der Waals surface area contributed by atoms with Gasteiger partial charge in [0.05, 0.1) is 6.10 Å². The van der Waals surface area contributed by atoms with Gasteiger partial charge in [0.25, 0.3) is 0 Å². The van der Waals surface area contributed by atoms with E-state index in [4.69, 9.17) is 0 Å². The zero-order valence-corrected chi connectivity index (χ0v) is 20.1. The van der Waals surface area contributed by atoms with E-state index in [-0.39, 0.29) is 56.3 Å². The molecule has 5 nitrogen and oxygen atoms in total. The molecule has 0 aliphatic heterocycles. The van der Waals surface area contributed by atoms with Crippen LogP contribution in [-0.4, -0.2) is 72.5 Å². The van der Waals surface area contributed by atoms with Crippen molar-refractivity contribution >= 4 is 38.9 Å². The molecule has 3 fully saturated rings. The Hall–Kier alpha value is -0.118. The molecule has 4 aliphatic carbocycles. The normalized spacial score (nSPS) is 48.6. The van der Waals surface area contributed by atoms with Gasteiger partial charge in [-0.15, -0.1) is 0 Å². The van der Waals surface area contributed by atoms with Crippen LogP contribution >= 0.6 is 0 Å². The summed E-state index contributed by atoms with van der Waals surface area (Å²) in [6, 6.07) is 0. The first-order valence-electron chi connectivity index (χ1n) is 9.96. The molecule has 3 N–H and O–H groups in total. The number of ketones is 2. The smallest absolute Gasteiger partial charge is 0.190 e. The Morgan fingerprint density at radius 1 is 1.22 bits per heavy atom. The Balaban J connectivity index is 0.00000210. The maximum absolute atomic E-state index is 12.4. The molecule has 0 heterocycles. The van der Waals surface area contributed by atoms with Gasteiger partial charge in [-0.05, 0) is 67.8 Å². The Kier molecular flexibility index (Phi) is 5.59. The monoisotopic (exact) mass is 570 g/mol. The van der Waals surface area contributed by atoms with Gasteiger partial charge in [-0.25, -0.2) is 0 Å². The van der Waals surface area contributed by atoms with Crippen molar-refractivity contribution in [3.63, 3.8) is 0 Å². The summed E-state index contributed by atoms with van der Waals surface area (Å²) in [6.07, 6.45) is 5.74. The summed E-state index contributed by atoms with van der Waals surface area (Å²) < 4.78 is 0. The molecule has 4 aliphatic rings. The minimum Gasteiger partial charge on any atom is -0.393 e. The molecule has 0 spiro atoms. The average molecular weight is 570 g/mol. The molecule has 4 radical (unpaired) electrons. The topological polar surface area (TPSA) is 94.8 Å². The van der Waals surface area contributed by atoms with E-state index < -0.39 is 29.5 Å². The third kappa shape index (κ3) is 2.78. The number of hydrogen-bond donors (Lipinski definition) is 3. The molecule has 0 amide bonds. The minimum absolute atomic E-state index is 0. The fourth-order valence-electron chi connectivity index (χ4n) is 7.28. The van der Waals surface area contributed by atoms with Crippen LogP contribution in [0.25, 0.3) is 0 Å². The van der Waals surface area contributed by atoms with E-state index in [1.54, 1.807) is 6.08 Å². The zero-order chi connectivity index (χ0) is 18.9. The third-order valence-corrected chi connectivity index (χ3v) is 8.65. The van der Waals surface area contributed by atoms with Gasteiger partial charge in [-0.2, -0.15) is 0 Å². The summed E-state index contributed by atoms with van der Waals surface area (Å²) in [5.74, 6) is 0.140. The zero-order valence-electron chi connectivity index (χ0n) is 16.2. The van der Waals surface area contributed by atoms with Gasteiger partial charge < -0.3 is 15.3 Å². The number of aliphatic hydroxyl groups excluding tert-OH is 2. The Bertz CT molecular complexity index is 690. The van der Waals surface area contributed by atoms with E-state index in [9.17, 15) is 24.9 Å². The number of Topliss-reactive ketones (excluding diaryl/α,β-unsaturated/α-hetero) is 1. The van der Waals surface area contributed by atoms with Crippen molar-refractivity contribution in [2.75, 3.05) is 6.61 Å². The molecular formula is C21H30O5Pb. The third-order valence-electron chi connectivity index (χ3n) is 8.65. The van der Waals surface area contributed by atoms with Gasteiger partial charge in [0.2, 0.25) is 0 Å². The SMILES string of the molecule is C[C@]12CCC(=O)C=C1CC[C@@H]1C3CC[C@](O)(C(=O)CO)[C@@]3(C)C[C@H](O)[C@H]12.[Pb]. The van der Waals surface area contributed by atoms with E-state index in [0.717, 1.165) is 25.7 Å². The van der Waals surface area contributed by atoms with Crippen LogP contribution in [-0.2, 0) is 9.59 Å². The molecule has 148 valence electrons. The second-order valence-corrected chi connectivity index (χ2v) is 9.56. The standard InChI is InChI=1S/C21H30O5.Pb/c1-19-7-5-13(23)9-12(19)3-4-14-15-6-8-21(26,17(25)11-22)20(15,2)10-16(24)18(14)19;/h9,14-16,18,22,24,26H,3-8,10-11H2,1-2H3;/t14-,15?,16+,18+,19+,20+,21+;/m1./s1. The van der Waals surface area contributed by atoms with Crippen LogP contribution in [0.3, 0.4) is 0 Å². The first-order chi connectivity index (χ1) is 12.2. The van der Waals surface area contributed by atoms with E-state index in [2.05, 4.69) is 6.92 Å². The van der Waals surface area contributed by atoms with Crippen LogP contribution in [0.1, 0.15) is 58.8 Å². The van der Waals surface area contributed by atoms with E-state index >= 15 is 0 Å². The molecule has 6 heteroatoms. The number of rotatable bonds is 2. The molecule has 0 aromatic rings. The van der Waals surface area contributed by atoms with Crippen LogP contribution < -0.4 is 0 Å².